The van der Waals surface area contributed by atoms with Crippen LogP contribution in [0.15, 0.2) is 54.6 Å². The molecule has 2 N–H and O–H groups in total. The molecule has 0 radical (unpaired) electrons. The average Bonchev–Trinajstić information content (AvgIpc) is 2.71. The Balaban J connectivity index is 1.54. The van der Waals surface area contributed by atoms with Crippen molar-refractivity contribution in [2.75, 3.05) is 6.61 Å². The molecule has 154 valence electrons. The van der Waals surface area contributed by atoms with Crippen LogP contribution in [0.2, 0.25) is 0 Å². The summed E-state index contributed by atoms with van der Waals surface area (Å²) >= 11 is 0. The predicted molar refractivity (Wildman–Crippen MR) is 104 cm³/mol. The Kier molecular flexibility index (Phi) is 5.82. The first-order chi connectivity index (χ1) is 14.0. The van der Waals surface area contributed by atoms with Crippen molar-refractivity contribution in [1.82, 2.24) is 5.32 Å². The second-order valence-corrected chi connectivity index (χ2v) is 7.37. The van der Waals surface area contributed by atoms with Crippen molar-refractivity contribution >= 4 is 5.91 Å². The van der Waals surface area contributed by atoms with E-state index < -0.39 is 36.9 Å². The summed E-state index contributed by atoms with van der Waals surface area (Å²) < 4.78 is 23.9. The van der Waals surface area contributed by atoms with Gasteiger partial charge in [-0.05, 0) is 24.6 Å². The highest BCUT2D eigenvalue weighted by Crippen LogP contribution is 2.34. The minimum Gasteiger partial charge on any atom is -0.463 e. The van der Waals surface area contributed by atoms with Crippen LogP contribution in [0, 0.1) is 6.92 Å². The van der Waals surface area contributed by atoms with E-state index in [4.69, 9.17) is 18.9 Å². The fourth-order valence-electron chi connectivity index (χ4n) is 3.68. The highest BCUT2D eigenvalue weighted by molar-refractivity contribution is 5.73. The van der Waals surface area contributed by atoms with Gasteiger partial charge in [0.2, 0.25) is 12.2 Å². The summed E-state index contributed by atoms with van der Waals surface area (Å²) in [7, 11) is 0. The van der Waals surface area contributed by atoms with E-state index in [2.05, 4.69) is 5.32 Å². The van der Waals surface area contributed by atoms with Gasteiger partial charge in [0, 0.05) is 12.5 Å². The summed E-state index contributed by atoms with van der Waals surface area (Å²) in [5.74, 6) is 0.302. The van der Waals surface area contributed by atoms with Crippen molar-refractivity contribution in [2.24, 2.45) is 0 Å². The van der Waals surface area contributed by atoms with Crippen molar-refractivity contribution in [3.63, 3.8) is 0 Å². The number of carbonyl (C=O) groups excluding carboxylic acids is 1. The van der Waals surface area contributed by atoms with Gasteiger partial charge in [0.25, 0.3) is 0 Å². The van der Waals surface area contributed by atoms with Gasteiger partial charge < -0.3 is 29.4 Å². The number of carbonyl (C=O) groups is 1. The minimum absolute atomic E-state index is 0.238. The van der Waals surface area contributed by atoms with Gasteiger partial charge in [-0.1, -0.05) is 42.5 Å². The molecule has 29 heavy (non-hydrogen) atoms. The number of amides is 1. The number of aryl methyl sites for hydroxylation is 1. The van der Waals surface area contributed by atoms with E-state index >= 15 is 0 Å². The standard InChI is InChI=1S/C22H25NO6/c1-13-7-6-10-16(11-13)27-22-18(23-14(2)24)19(25)20-17(28-22)12-26-21(29-20)15-8-4-3-5-9-15/h3-11,17-22,25H,12H2,1-2H3,(H,23,24)/t17-,18+,19-,20-,21+,22-/m1/s1. The Morgan fingerprint density at radius 1 is 1.14 bits per heavy atom. The number of rotatable bonds is 4. The number of hydrogen-bond acceptors (Lipinski definition) is 6. The normalized spacial score (nSPS) is 31.6. The van der Waals surface area contributed by atoms with Crippen LogP contribution in [0.25, 0.3) is 0 Å². The van der Waals surface area contributed by atoms with E-state index in [1.165, 1.54) is 6.92 Å². The molecular formula is C22H25NO6. The van der Waals surface area contributed by atoms with Gasteiger partial charge in [-0.3, -0.25) is 4.79 Å². The molecule has 2 heterocycles. The van der Waals surface area contributed by atoms with Gasteiger partial charge in [-0.15, -0.1) is 0 Å². The number of ether oxygens (including phenoxy) is 4. The number of nitrogens with one attached hydrogen (secondary N) is 1. The fourth-order valence-corrected chi connectivity index (χ4v) is 3.68. The predicted octanol–water partition coefficient (Wildman–Crippen LogP) is 2.08. The van der Waals surface area contributed by atoms with Gasteiger partial charge in [-0.25, -0.2) is 0 Å². The molecule has 4 rings (SSSR count). The molecule has 0 aliphatic carbocycles. The Morgan fingerprint density at radius 3 is 2.66 bits per heavy atom. The molecular weight excluding hydrogens is 374 g/mol. The van der Waals surface area contributed by atoms with Crippen molar-refractivity contribution in [2.45, 2.75) is 50.8 Å². The van der Waals surface area contributed by atoms with Crippen LogP contribution < -0.4 is 10.1 Å². The first kappa shape index (κ1) is 19.8. The lowest BCUT2D eigenvalue weighted by molar-refractivity contribution is -0.333. The molecule has 2 aliphatic heterocycles. The van der Waals surface area contributed by atoms with Gasteiger partial charge >= 0.3 is 0 Å². The Morgan fingerprint density at radius 2 is 1.93 bits per heavy atom. The smallest absolute Gasteiger partial charge is 0.223 e. The highest BCUT2D eigenvalue weighted by Gasteiger charge is 2.50. The van der Waals surface area contributed by atoms with Crippen LogP contribution in [-0.2, 0) is 19.0 Å². The zero-order valence-corrected chi connectivity index (χ0v) is 16.4. The van der Waals surface area contributed by atoms with E-state index in [0.717, 1.165) is 11.1 Å². The van der Waals surface area contributed by atoms with Gasteiger partial charge in [0.15, 0.2) is 6.29 Å². The molecule has 0 saturated carbocycles. The average molecular weight is 399 g/mol. The van der Waals surface area contributed by atoms with Crippen LogP contribution in [-0.4, -0.2) is 48.3 Å². The fraction of sp³-hybridized carbons (Fsp3) is 0.409. The monoisotopic (exact) mass is 399 g/mol. The third kappa shape index (κ3) is 4.43. The molecule has 2 aromatic rings. The number of aliphatic hydroxyl groups is 1. The molecule has 7 heteroatoms. The van der Waals surface area contributed by atoms with Crippen molar-refractivity contribution in [3.05, 3.63) is 65.7 Å². The van der Waals surface area contributed by atoms with Crippen molar-refractivity contribution in [1.29, 1.82) is 0 Å². The summed E-state index contributed by atoms with van der Waals surface area (Å²) in [5, 5.41) is 13.8. The summed E-state index contributed by atoms with van der Waals surface area (Å²) in [6.07, 6.45) is -3.70. The van der Waals surface area contributed by atoms with Crippen molar-refractivity contribution in [3.8, 4) is 5.75 Å². The first-order valence-electron chi connectivity index (χ1n) is 9.67. The molecule has 1 amide bonds. The van der Waals surface area contributed by atoms with E-state index in [1.807, 2.05) is 55.5 Å². The topological polar surface area (TPSA) is 86.3 Å². The SMILES string of the molecule is CC(=O)N[C@@H]1[C@H](Oc2cccc(C)c2)O[C@@H]2CO[C@H](c3ccccc3)O[C@H]2[C@@H]1O. The molecule has 0 spiro atoms. The molecule has 0 aromatic heterocycles. The number of aliphatic hydroxyl groups excluding tert-OH is 1. The van der Waals surface area contributed by atoms with E-state index in [-0.39, 0.29) is 12.5 Å². The first-order valence-corrected chi connectivity index (χ1v) is 9.67. The van der Waals surface area contributed by atoms with Gasteiger partial charge in [-0.2, -0.15) is 0 Å². The Labute approximate surface area is 169 Å². The van der Waals surface area contributed by atoms with E-state index in [0.29, 0.717) is 5.75 Å². The Hall–Kier alpha value is -2.45. The van der Waals surface area contributed by atoms with E-state index in [9.17, 15) is 9.90 Å². The zero-order chi connectivity index (χ0) is 20.4. The summed E-state index contributed by atoms with van der Waals surface area (Å²) in [5.41, 5.74) is 1.88. The lowest BCUT2D eigenvalue weighted by Crippen LogP contribution is -2.67. The number of fused-ring (bicyclic) bond motifs is 1. The maximum atomic E-state index is 11.8. The second kappa shape index (κ2) is 8.51. The summed E-state index contributed by atoms with van der Waals surface area (Å²) in [6.45, 7) is 3.58. The summed E-state index contributed by atoms with van der Waals surface area (Å²) in [4.78, 5) is 11.8. The second-order valence-electron chi connectivity index (χ2n) is 7.37. The summed E-state index contributed by atoms with van der Waals surface area (Å²) in [6, 6.07) is 16.2. The molecule has 2 saturated heterocycles. The van der Waals surface area contributed by atoms with Gasteiger partial charge in [0.1, 0.15) is 30.1 Å². The maximum absolute atomic E-state index is 11.8. The van der Waals surface area contributed by atoms with Crippen LogP contribution in [0.1, 0.15) is 24.3 Å². The molecule has 2 aliphatic rings. The molecule has 2 fully saturated rings. The number of benzene rings is 2. The third-order valence-electron chi connectivity index (χ3n) is 5.05. The van der Waals surface area contributed by atoms with Gasteiger partial charge in [0.05, 0.1) is 6.61 Å². The molecule has 2 aromatic carbocycles. The Bertz CT molecular complexity index is 844. The minimum atomic E-state index is -1.03. The highest BCUT2D eigenvalue weighted by atomic mass is 16.7. The number of hydrogen-bond donors (Lipinski definition) is 2. The lowest BCUT2D eigenvalue weighted by atomic mass is 9.95. The van der Waals surface area contributed by atoms with Crippen molar-refractivity contribution < 1.29 is 28.8 Å². The molecule has 6 atom stereocenters. The van der Waals surface area contributed by atoms with Crippen LogP contribution in [0.3, 0.4) is 0 Å². The largest absolute Gasteiger partial charge is 0.463 e. The quantitative estimate of drug-likeness (QED) is 0.819. The van der Waals surface area contributed by atoms with Crippen LogP contribution in [0.5, 0.6) is 5.75 Å². The molecule has 0 unspecified atom stereocenters. The maximum Gasteiger partial charge on any atom is 0.223 e. The molecule has 0 bridgehead atoms. The zero-order valence-electron chi connectivity index (χ0n) is 16.4. The van der Waals surface area contributed by atoms with Crippen LogP contribution >= 0.6 is 0 Å². The molecule has 7 nitrogen and oxygen atoms in total. The lowest BCUT2D eigenvalue weighted by Gasteiger charge is -2.47. The van der Waals surface area contributed by atoms with Crippen LogP contribution in [0.4, 0.5) is 0 Å². The van der Waals surface area contributed by atoms with E-state index in [1.54, 1.807) is 6.07 Å². The third-order valence-corrected chi connectivity index (χ3v) is 5.05.